The van der Waals surface area contributed by atoms with Gasteiger partial charge in [0.05, 0.1) is 0 Å². The SMILES string of the molecule is O=Cc1cccc2nc(-c3ccc(Br)cc3)nn12. The number of aldehydes is 1. The van der Waals surface area contributed by atoms with Crippen molar-refractivity contribution >= 4 is 27.9 Å². The number of benzene rings is 1. The number of carbonyl (C=O) groups is 1. The second-order valence-corrected chi connectivity index (χ2v) is 4.70. The van der Waals surface area contributed by atoms with Gasteiger partial charge >= 0.3 is 0 Å². The first-order valence-corrected chi connectivity index (χ1v) is 6.14. The Bertz CT molecular complexity index is 719. The van der Waals surface area contributed by atoms with Crippen LogP contribution < -0.4 is 0 Å². The maximum Gasteiger partial charge on any atom is 0.182 e. The minimum Gasteiger partial charge on any atom is -0.296 e. The number of aromatic nitrogens is 3. The quantitative estimate of drug-likeness (QED) is 0.684. The van der Waals surface area contributed by atoms with Crippen LogP contribution in [0.2, 0.25) is 0 Å². The molecule has 0 radical (unpaired) electrons. The van der Waals surface area contributed by atoms with Crippen LogP contribution in [0, 0.1) is 0 Å². The van der Waals surface area contributed by atoms with Crippen LogP contribution in [0.25, 0.3) is 17.0 Å². The van der Waals surface area contributed by atoms with Gasteiger partial charge in [-0.3, -0.25) is 4.79 Å². The van der Waals surface area contributed by atoms with E-state index in [0.717, 1.165) is 16.3 Å². The number of fused-ring (bicyclic) bond motifs is 1. The zero-order chi connectivity index (χ0) is 12.5. The van der Waals surface area contributed by atoms with Crippen LogP contribution in [-0.4, -0.2) is 20.9 Å². The highest BCUT2D eigenvalue weighted by molar-refractivity contribution is 9.10. The Morgan fingerprint density at radius 3 is 2.61 bits per heavy atom. The van der Waals surface area contributed by atoms with Crippen molar-refractivity contribution in [2.24, 2.45) is 0 Å². The molecule has 0 saturated heterocycles. The summed E-state index contributed by atoms with van der Waals surface area (Å²) in [5.41, 5.74) is 2.07. The number of hydrogen-bond acceptors (Lipinski definition) is 3. The molecule has 0 N–H and O–H groups in total. The van der Waals surface area contributed by atoms with E-state index in [0.29, 0.717) is 17.2 Å². The van der Waals surface area contributed by atoms with Gasteiger partial charge < -0.3 is 0 Å². The van der Waals surface area contributed by atoms with Crippen LogP contribution in [0.4, 0.5) is 0 Å². The summed E-state index contributed by atoms with van der Waals surface area (Å²) in [7, 11) is 0. The van der Waals surface area contributed by atoms with Crippen LogP contribution in [0.15, 0.2) is 46.9 Å². The molecule has 5 heteroatoms. The second-order valence-electron chi connectivity index (χ2n) is 3.78. The number of carbonyl (C=O) groups excluding carboxylic acids is 1. The van der Waals surface area contributed by atoms with Crippen LogP contribution in [0.1, 0.15) is 10.5 Å². The molecule has 88 valence electrons. The van der Waals surface area contributed by atoms with E-state index in [1.165, 1.54) is 0 Å². The lowest BCUT2D eigenvalue weighted by atomic mass is 10.2. The number of hydrogen-bond donors (Lipinski definition) is 0. The highest BCUT2D eigenvalue weighted by Gasteiger charge is 2.08. The molecular formula is C13H8BrN3O. The maximum absolute atomic E-state index is 10.9. The van der Waals surface area contributed by atoms with E-state index in [-0.39, 0.29) is 0 Å². The first-order chi connectivity index (χ1) is 8.78. The van der Waals surface area contributed by atoms with Gasteiger partial charge in [-0.1, -0.05) is 34.1 Å². The van der Waals surface area contributed by atoms with Crippen molar-refractivity contribution in [3.63, 3.8) is 0 Å². The lowest BCUT2D eigenvalue weighted by Gasteiger charge is -1.94. The molecule has 4 nitrogen and oxygen atoms in total. The Morgan fingerprint density at radius 1 is 1.11 bits per heavy atom. The van der Waals surface area contributed by atoms with E-state index in [4.69, 9.17) is 0 Å². The molecule has 0 aliphatic heterocycles. The van der Waals surface area contributed by atoms with E-state index < -0.39 is 0 Å². The summed E-state index contributed by atoms with van der Waals surface area (Å²) in [6.45, 7) is 0. The summed E-state index contributed by atoms with van der Waals surface area (Å²) in [5, 5.41) is 4.34. The van der Waals surface area contributed by atoms with Crippen molar-refractivity contribution in [2.75, 3.05) is 0 Å². The fraction of sp³-hybridized carbons (Fsp3) is 0. The average molecular weight is 302 g/mol. The van der Waals surface area contributed by atoms with Crippen molar-refractivity contribution in [1.29, 1.82) is 0 Å². The van der Waals surface area contributed by atoms with Gasteiger partial charge in [-0.2, -0.15) is 0 Å². The van der Waals surface area contributed by atoms with Crippen molar-refractivity contribution in [3.8, 4) is 11.4 Å². The highest BCUT2D eigenvalue weighted by Crippen LogP contribution is 2.19. The molecule has 0 aliphatic rings. The number of rotatable bonds is 2. The molecule has 0 atom stereocenters. The Balaban J connectivity index is 2.19. The fourth-order valence-electron chi connectivity index (χ4n) is 1.74. The van der Waals surface area contributed by atoms with E-state index in [2.05, 4.69) is 26.0 Å². The van der Waals surface area contributed by atoms with Crippen molar-refractivity contribution in [3.05, 3.63) is 52.6 Å². The molecule has 0 saturated carbocycles. The molecule has 2 aromatic heterocycles. The Kier molecular flexibility index (Phi) is 2.68. The zero-order valence-corrected chi connectivity index (χ0v) is 10.8. The second kappa shape index (κ2) is 4.34. The molecule has 0 amide bonds. The van der Waals surface area contributed by atoms with Crippen LogP contribution >= 0.6 is 15.9 Å². The third-order valence-electron chi connectivity index (χ3n) is 2.61. The third kappa shape index (κ3) is 1.82. The third-order valence-corrected chi connectivity index (χ3v) is 3.14. The van der Waals surface area contributed by atoms with Crippen molar-refractivity contribution in [2.45, 2.75) is 0 Å². The number of nitrogens with zero attached hydrogens (tertiary/aromatic N) is 3. The molecule has 0 spiro atoms. The molecule has 18 heavy (non-hydrogen) atoms. The summed E-state index contributed by atoms with van der Waals surface area (Å²) in [5.74, 6) is 0.608. The molecule has 1 aromatic carbocycles. The normalized spacial score (nSPS) is 10.7. The predicted octanol–water partition coefficient (Wildman–Crippen LogP) is 2.97. The lowest BCUT2D eigenvalue weighted by Crippen LogP contribution is -1.96. The number of pyridine rings is 1. The van der Waals surface area contributed by atoms with Crippen LogP contribution in [0.5, 0.6) is 0 Å². The van der Waals surface area contributed by atoms with E-state index >= 15 is 0 Å². The van der Waals surface area contributed by atoms with E-state index in [9.17, 15) is 4.79 Å². The fourth-order valence-corrected chi connectivity index (χ4v) is 2.00. The lowest BCUT2D eigenvalue weighted by molar-refractivity contribution is 0.111. The van der Waals surface area contributed by atoms with Gasteiger partial charge in [-0.25, -0.2) is 9.50 Å². The molecule has 0 unspecified atom stereocenters. The summed E-state index contributed by atoms with van der Waals surface area (Å²) >= 11 is 3.38. The first kappa shape index (κ1) is 11.1. The van der Waals surface area contributed by atoms with Gasteiger partial charge in [-0.15, -0.1) is 5.10 Å². The summed E-state index contributed by atoms with van der Waals surface area (Å²) in [6.07, 6.45) is 0.771. The Labute approximate surface area is 111 Å². The summed E-state index contributed by atoms with van der Waals surface area (Å²) in [4.78, 5) is 15.3. The Morgan fingerprint density at radius 2 is 1.89 bits per heavy atom. The molecule has 0 bridgehead atoms. The largest absolute Gasteiger partial charge is 0.296 e. The highest BCUT2D eigenvalue weighted by atomic mass is 79.9. The standard InChI is InChI=1S/C13H8BrN3O/c14-10-6-4-9(5-7-10)13-15-12-3-1-2-11(8-18)17(12)16-13/h1-8H. The zero-order valence-electron chi connectivity index (χ0n) is 9.25. The molecule has 0 fully saturated rings. The van der Waals surface area contributed by atoms with Gasteiger partial charge in [0.2, 0.25) is 0 Å². The molecule has 3 rings (SSSR count). The predicted molar refractivity (Wildman–Crippen MR) is 71.5 cm³/mol. The van der Waals surface area contributed by atoms with E-state index in [1.807, 2.05) is 30.3 Å². The van der Waals surface area contributed by atoms with Crippen molar-refractivity contribution < 1.29 is 4.79 Å². The van der Waals surface area contributed by atoms with Gasteiger partial charge in [0.25, 0.3) is 0 Å². The van der Waals surface area contributed by atoms with Gasteiger partial charge in [0, 0.05) is 10.0 Å². The average Bonchev–Trinajstić information content (AvgIpc) is 2.83. The van der Waals surface area contributed by atoms with Crippen molar-refractivity contribution in [1.82, 2.24) is 14.6 Å². The van der Waals surface area contributed by atoms with E-state index in [1.54, 1.807) is 16.6 Å². The number of halogens is 1. The molecule has 0 aliphatic carbocycles. The molecule has 3 aromatic rings. The maximum atomic E-state index is 10.9. The molecule has 2 heterocycles. The smallest absolute Gasteiger partial charge is 0.182 e. The Hall–Kier alpha value is -2.01. The topological polar surface area (TPSA) is 47.3 Å². The van der Waals surface area contributed by atoms with Gasteiger partial charge in [0.15, 0.2) is 17.8 Å². The molecular weight excluding hydrogens is 294 g/mol. The first-order valence-electron chi connectivity index (χ1n) is 5.35. The van der Waals surface area contributed by atoms with Gasteiger partial charge in [0.1, 0.15) is 5.69 Å². The van der Waals surface area contributed by atoms with Crippen LogP contribution in [0.3, 0.4) is 0 Å². The monoisotopic (exact) mass is 301 g/mol. The summed E-state index contributed by atoms with van der Waals surface area (Å²) < 4.78 is 2.55. The minimum atomic E-state index is 0.489. The summed E-state index contributed by atoms with van der Waals surface area (Å²) in [6, 6.07) is 13.0. The van der Waals surface area contributed by atoms with Crippen LogP contribution in [-0.2, 0) is 0 Å². The minimum absolute atomic E-state index is 0.489. The van der Waals surface area contributed by atoms with Gasteiger partial charge in [-0.05, 0) is 24.3 Å².